The molecular formula is C17H13F3N2O2S. The second-order valence-electron chi connectivity index (χ2n) is 5.03. The van der Waals surface area contributed by atoms with Gasteiger partial charge in [0.2, 0.25) is 11.7 Å². The normalized spacial score (nSPS) is 11.5. The highest BCUT2D eigenvalue weighted by Gasteiger charge is 2.30. The maximum absolute atomic E-state index is 12.8. The van der Waals surface area contributed by atoms with Gasteiger partial charge in [0.15, 0.2) is 0 Å². The third-order valence-corrected chi connectivity index (χ3v) is 4.38. The molecule has 0 aliphatic heterocycles. The Bertz CT molecular complexity index is 865. The Balaban J connectivity index is 1.75. The van der Waals surface area contributed by atoms with Crippen molar-refractivity contribution in [1.29, 1.82) is 0 Å². The number of methoxy groups -OCH3 is 1. The van der Waals surface area contributed by atoms with Crippen LogP contribution in [0.4, 0.5) is 13.2 Å². The fourth-order valence-corrected chi connectivity index (χ4v) is 3.01. The monoisotopic (exact) mass is 366 g/mol. The first kappa shape index (κ1) is 17.3. The van der Waals surface area contributed by atoms with Gasteiger partial charge in [-0.2, -0.15) is 18.2 Å². The molecule has 1 heterocycles. The Labute approximate surface area is 146 Å². The molecule has 0 amide bonds. The zero-order valence-electron chi connectivity index (χ0n) is 13.1. The van der Waals surface area contributed by atoms with Gasteiger partial charge < -0.3 is 9.26 Å². The van der Waals surface area contributed by atoms with Gasteiger partial charge in [-0.05, 0) is 24.3 Å². The minimum Gasteiger partial charge on any atom is -0.496 e. The second-order valence-corrected chi connectivity index (χ2v) is 6.05. The van der Waals surface area contributed by atoms with Crippen LogP contribution in [0.15, 0.2) is 57.9 Å². The highest BCUT2D eigenvalue weighted by Crippen LogP contribution is 2.33. The summed E-state index contributed by atoms with van der Waals surface area (Å²) < 4.78 is 48.8. The van der Waals surface area contributed by atoms with Crippen molar-refractivity contribution in [2.24, 2.45) is 0 Å². The van der Waals surface area contributed by atoms with Gasteiger partial charge in [-0.1, -0.05) is 29.4 Å². The number of nitrogens with zero attached hydrogens (tertiary/aromatic N) is 2. The van der Waals surface area contributed by atoms with Gasteiger partial charge in [-0.15, -0.1) is 11.8 Å². The summed E-state index contributed by atoms with van der Waals surface area (Å²) >= 11 is 1.44. The molecule has 3 rings (SSSR count). The van der Waals surface area contributed by atoms with E-state index in [2.05, 4.69) is 10.1 Å². The van der Waals surface area contributed by atoms with Gasteiger partial charge in [0.25, 0.3) is 0 Å². The predicted octanol–water partition coefficient (Wildman–Crippen LogP) is 5.06. The number of hydrogen-bond acceptors (Lipinski definition) is 5. The largest absolute Gasteiger partial charge is 0.496 e. The maximum atomic E-state index is 12.8. The quantitative estimate of drug-likeness (QED) is 0.591. The molecule has 0 aliphatic carbocycles. The highest BCUT2D eigenvalue weighted by molar-refractivity contribution is 7.98. The van der Waals surface area contributed by atoms with Crippen molar-refractivity contribution in [2.75, 3.05) is 7.11 Å². The lowest BCUT2D eigenvalue weighted by molar-refractivity contribution is -0.137. The minimum atomic E-state index is -4.41. The first-order valence-electron chi connectivity index (χ1n) is 7.23. The van der Waals surface area contributed by atoms with Crippen molar-refractivity contribution in [2.45, 2.75) is 16.8 Å². The van der Waals surface area contributed by atoms with Gasteiger partial charge in [0.05, 0.1) is 18.4 Å². The summed E-state index contributed by atoms with van der Waals surface area (Å²) in [5.41, 5.74) is -0.494. The molecule has 1 aromatic heterocycles. The van der Waals surface area contributed by atoms with Crippen LogP contribution in [0.2, 0.25) is 0 Å². The van der Waals surface area contributed by atoms with E-state index in [1.807, 2.05) is 24.3 Å². The van der Waals surface area contributed by atoms with Crippen LogP contribution in [-0.2, 0) is 11.9 Å². The second kappa shape index (κ2) is 7.18. The first-order valence-corrected chi connectivity index (χ1v) is 8.22. The van der Waals surface area contributed by atoms with Crippen molar-refractivity contribution in [3.05, 3.63) is 60.0 Å². The number of hydrogen-bond donors (Lipinski definition) is 0. The van der Waals surface area contributed by atoms with Crippen molar-refractivity contribution in [3.8, 4) is 17.1 Å². The minimum absolute atomic E-state index is 0.127. The number of para-hydroxylation sites is 1. The Kier molecular flexibility index (Phi) is 4.98. The summed E-state index contributed by atoms with van der Waals surface area (Å²) in [4.78, 5) is 5.07. The number of thioether (sulfide) groups is 1. The van der Waals surface area contributed by atoms with Gasteiger partial charge in [0.1, 0.15) is 5.75 Å². The molecule has 25 heavy (non-hydrogen) atoms. The van der Waals surface area contributed by atoms with Gasteiger partial charge in [0, 0.05) is 10.5 Å². The summed E-state index contributed by atoms with van der Waals surface area (Å²) in [7, 11) is 1.58. The van der Waals surface area contributed by atoms with E-state index in [0.29, 0.717) is 11.6 Å². The van der Waals surface area contributed by atoms with E-state index >= 15 is 0 Å². The number of alkyl halides is 3. The summed E-state index contributed by atoms with van der Waals surface area (Å²) in [5, 5.41) is 3.77. The zero-order chi connectivity index (χ0) is 17.9. The first-order chi connectivity index (χ1) is 12.0. The summed E-state index contributed by atoms with van der Waals surface area (Å²) in [6, 6.07) is 12.3. The molecule has 0 saturated carbocycles. The molecule has 0 radical (unpaired) electrons. The Morgan fingerprint density at radius 1 is 1.12 bits per heavy atom. The molecule has 0 atom stereocenters. The fraction of sp³-hybridized carbons (Fsp3) is 0.176. The van der Waals surface area contributed by atoms with Crippen LogP contribution in [0, 0.1) is 0 Å². The molecule has 4 nitrogen and oxygen atoms in total. The van der Waals surface area contributed by atoms with E-state index in [-0.39, 0.29) is 11.4 Å². The molecule has 2 aromatic carbocycles. The van der Waals surface area contributed by atoms with Crippen molar-refractivity contribution < 1.29 is 22.4 Å². The average Bonchev–Trinajstić information content (AvgIpc) is 3.08. The lowest BCUT2D eigenvalue weighted by atomic mass is 10.1. The Morgan fingerprint density at radius 2 is 1.92 bits per heavy atom. The van der Waals surface area contributed by atoms with Crippen molar-refractivity contribution >= 4 is 11.8 Å². The molecular weight excluding hydrogens is 353 g/mol. The van der Waals surface area contributed by atoms with Crippen LogP contribution in [0.25, 0.3) is 11.4 Å². The van der Waals surface area contributed by atoms with E-state index in [1.54, 1.807) is 7.11 Å². The molecule has 0 aliphatic rings. The lowest BCUT2D eigenvalue weighted by Crippen LogP contribution is -2.04. The van der Waals surface area contributed by atoms with Crippen LogP contribution >= 0.6 is 11.8 Å². The van der Waals surface area contributed by atoms with E-state index in [1.165, 1.54) is 23.9 Å². The zero-order valence-corrected chi connectivity index (χ0v) is 13.9. The summed E-state index contributed by atoms with van der Waals surface area (Å²) in [5.74, 6) is 1.56. The number of rotatable bonds is 5. The highest BCUT2D eigenvalue weighted by atomic mass is 32.2. The summed E-state index contributed by atoms with van der Waals surface area (Å²) in [6.45, 7) is 0. The summed E-state index contributed by atoms with van der Waals surface area (Å²) in [6.07, 6.45) is -4.41. The smallest absolute Gasteiger partial charge is 0.416 e. The third kappa shape index (κ3) is 4.14. The van der Waals surface area contributed by atoms with Crippen molar-refractivity contribution in [1.82, 2.24) is 10.1 Å². The van der Waals surface area contributed by atoms with Gasteiger partial charge >= 0.3 is 6.18 Å². The van der Waals surface area contributed by atoms with Crippen molar-refractivity contribution in [3.63, 3.8) is 0 Å². The molecule has 3 aromatic rings. The molecule has 0 unspecified atom stereocenters. The maximum Gasteiger partial charge on any atom is 0.416 e. The SMILES string of the molecule is COc1ccccc1SCc1nc(-c2cccc(C(F)(F)F)c2)no1. The molecule has 8 heteroatoms. The molecule has 0 N–H and O–H groups in total. The average molecular weight is 366 g/mol. The van der Waals surface area contributed by atoms with Gasteiger partial charge in [-0.3, -0.25) is 0 Å². The lowest BCUT2D eigenvalue weighted by Gasteiger charge is -2.06. The van der Waals surface area contributed by atoms with Crippen LogP contribution < -0.4 is 4.74 Å². The molecule has 0 bridgehead atoms. The fourth-order valence-electron chi connectivity index (χ4n) is 2.14. The number of aromatic nitrogens is 2. The standard InChI is InChI=1S/C17H13F3N2O2S/c1-23-13-7-2-3-8-14(13)25-10-15-21-16(22-24-15)11-5-4-6-12(9-11)17(18,19)20/h2-9H,10H2,1H3. The van der Waals surface area contributed by atoms with E-state index < -0.39 is 11.7 Å². The molecule has 0 saturated heterocycles. The van der Waals surface area contributed by atoms with E-state index in [9.17, 15) is 13.2 Å². The Hall–Kier alpha value is -2.48. The number of halogens is 3. The Morgan fingerprint density at radius 3 is 2.68 bits per heavy atom. The molecule has 0 fully saturated rings. The van der Waals surface area contributed by atoms with E-state index in [0.717, 1.165) is 22.8 Å². The topological polar surface area (TPSA) is 48.2 Å². The number of ether oxygens (including phenoxy) is 1. The molecule has 0 spiro atoms. The predicted molar refractivity (Wildman–Crippen MR) is 87.3 cm³/mol. The van der Waals surface area contributed by atoms with E-state index in [4.69, 9.17) is 9.26 Å². The van der Waals surface area contributed by atoms with Crippen LogP contribution in [0.5, 0.6) is 5.75 Å². The van der Waals surface area contributed by atoms with Crippen LogP contribution in [0.1, 0.15) is 11.5 Å². The van der Waals surface area contributed by atoms with Crippen LogP contribution in [-0.4, -0.2) is 17.3 Å². The molecule has 130 valence electrons. The third-order valence-electron chi connectivity index (χ3n) is 3.34. The number of benzene rings is 2. The van der Waals surface area contributed by atoms with Gasteiger partial charge in [-0.25, -0.2) is 0 Å². The van der Waals surface area contributed by atoms with Crippen LogP contribution in [0.3, 0.4) is 0 Å².